The minimum absolute atomic E-state index is 0.357. The van der Waals surface area contributed by atoms with Crippen molar-refractivity contribution in [3.05, 3.63) is 53.6 Å². The third-order valence-electron chi connectivity index (χ3n) is 3.28. The van der Waals surface area contributed by atoms with E-state index in [2.05, 4.69) is 10.6 Å². The lowest BCUT2D eigenvalue weighted by Crippen LogP contribution is -2.23. The predicted molar refractivity (Wildman–Crippen MR) is 89.2 cm³/mol. The number of nitrogens with one attached hydrogen (secondary N) is 2. The van der Waals surface area contributed by atoms with Gasteiger partial charge in [0.1, 0.15) is 6.61 Å². The number of halogens is 1. The van der Waals surface area contributed by atoms with Gasteiger partial charge in [-0.2, -0.15) is 0 Å². The molecule has 1 fully saturated rings. The molecule has 7 heteroatoms. The number of hydrogen-bond acceptors (Lipinski definition) is 3. The van der Waals surface area contributed by atoms with E-state index in [0.717, 1.165) is 5.69 Å². The smallest absolute Gasteiger partial charge is 0.414 e. The largest absolute Gasteiger partial charge is 0.447 e. The zero-order chi connectivity index (χ0) is 16.2. The van der Waals surface area contributed by atoms with Crippen LogP contribution in [-0.4, -0.2) is 25.3 Å². The Hall–Kier alpha value is -2.73. The van der Waals surface area contributed by atoms with Gasteiger partial charge < -0.3 is 15.4 Å². The summed E-state index contributed by atoms with van der Waals surface area (Å²) in [6.45, 7) is 0.918. The summed E-state index contributed by atoms with van der Waals surface area (Å²) < 4.78 is 4.89. The van der Waals surface area contributed by atoms with E-state index in [1.807, 2.05) is 0 Å². The average Bonchev–Trinajstić information content (AvgIpc) is 2.94. The monoisotopic (exact) mass is 331 g/mol. The van der Waals surface area contributed by atoms with Gasteiger partial charge >= 0.3 is 12.1 Å². The van der Waals surface area contributed by atoms with E-state index in [0.29, 0.717) is 29.5 Å². The van der Waals surface area contributed by atoms with E-state index in [-0.39, 0.29) is 12.1 Å². The molecule has 2 aromatic rings. The molecule has 0 unspecified atom stereocenters. The van der Waals surface area contributed by atoms with Crippen molar-refractivity contribution in [2.75, 3.05) is 28.7 Å². The lowest BCUT2D eigenvalue weighted by Gasteiger charge is -2.13. The van der Waals surface area contributed by atoms with Crippen LogP contribution in [0.3, 0.4) is 0 Å². The lowest BCUT2D eigenvalue weighted by atomic mass is 10.2. The molecule has 0 spiro atoms. The minimum atomic E-state index is -0.374. The molecule has 2 aromatic carbocycles. The van der Waals surface area contributed by atoms with E-state index in [1.165, 1.54) is 4.90 Å². The highest BCUT2D eigenvalue weighted by atomic mass is 35.5. The Morgan fingerprint density at radius 2 is 1.83 bits per heavy atom. The summed E-state index contributed by atoms with van der Waals surface area (Å²) in [5.41, 5.74) is 1.94. The van der Waals surface area contributed by atoms with Crippen LogP contribution in [-0.2, 0) is 4.74 Å². The van der Waals surface area contributed by atoms with Crippen molar-refractivity contribution in [1.82, 2.24) is 0 Å². The van der Waals surface area contributed by atoms with Crippen molar-refractivity contribution in [2.45, 2.75) is 0 Å². The molecule has 1 heterocycles. The fourth-order valence-corrected chi connectivity index (χ4v) is 2.40. The molecular formula is C16H14ClN3O3. The summed E-state index contributed by atoms with van der Waals surface area (Å²) in [4.78, 5) is 25.0. The standard InChI is InChI=1S/C16H14ClN3O3/c17-11-2-1-3-13(10-11)19-15(21)18-12-4-6-14(7-5-12)20-8-9-23-16(20)22/h1-7,10H,8-9H2,(H2,18,19,21). The second-order valence-corrected chi connectivity index (χ2v) is 5.34. The van der Waals surface area contributed by atoms with Crippen LogP contribution in [0.5, 0.6) is 0 Å². The van der Waals surface area contributed by atoms with Crippen LogP contribution in [0.1, 0.15) is 0 Å². The first-order chi connectivity index (χ1) is 11.1. The molecule has 3 amide bonds. The highest BCUT2D eigenvalue weighted by molar-refractivity contribution is 6.30. The summed E-state index contributed by atoms with van der Waals surface area (Å²) in [5, 5.41) is 5.95. The van der Waals surface area contributed by atoms with E-state index in [9.17, 15) is 9.59 Å². The van der Waals surface area contributed by atoms with Gasteiger partial charge in [0.2, 0.25) is 0 Å². The second-order valence-electron chi connectivity index (χ2n) is 4.90. The molecule has 0 atom stereocenters. The van der Waals surface area contributed by atoms with Gasteiger partial charge in [-0.15, -0.1) is 0 Å². The maximum atomic E-state index is 11.9. The maximum absolute atomic E-state index is 11.9. The third kappa shape index (κ3) is 3.73. The molecule has 0 radical (unpaired) electrons. The molecule has 0 aromatic heterocycles. The van der Waals surface area contributed by atoms with Crippen LogP contribution in [0.2, 0.25) is 5.02 Å². The molecule has 0 saturated carbocycles. The molecule has 0 aliphatic carbocycles. The quantitative estimate of drug-likeness (QED) is 0.894. The normalized spacial score (nSPS) is 13.6. The Morgan fingerprint density at radius 1 is 1.09 bits per heavy atom. The van der Waals surface area contributed by atoms with Crippen LogP contribution in [0.15, 0.2) is 48.5 Å². The van der Waals surface area contributed by atoms with Gasteiger partial charge in [-0.05, 0) is 42.5 Å². The Labute approximate surface area is 138 Å². The maximum Gasteiger partial charge on any atom is 0.414 e. The van der Waals surface area contributed by atoms with Gasteiger partial charge in [-0.25, -0.2) is 9.59 Å². The molecule has 1 aliphatic heterocycles. The number of rotatable bonds is 3. The Morgan fingerprint density at radius 3 is 2.48 bits per heavy atom. The van der Waals surface area contributed by atoms with Crippen LogP contribution in [0.4, 0.5) is 26.7 Å². The van der Waals surface area contributed by atoms with Gasteiger partial charge in [0.05, 0.1) is 6.54 Å². The van der Waals surface area contributed by atoms with Gasteiger partial charge in [0.15, 0.2) is 0 Å². The van der Waals surface area contributed by atoms with Crippen molar-refractivity contribution in [2.24, 2.45) is 0 Å². The van der Waals surface area contributed by atoms with Crippen molar-refractivity contribution in [3.63, 3.8) is 0 Å². The minimum Gasteiger partial charge on any atom is -0.447 e. The number of cyclic esters (lactones) is 1. The fraction of sp³-hybridized carbons (Fsp3) is 0.125. The van der Waals surface area contributed by atoms with Crippen LogP contribution in [0, 0.1) is 0 Å². The van der Waals surface area contributed by atoms with Crippen LogP contribution >= 0.6 is 11.6 Å². The van der Waals surface area contributed by atoms with Gasteiger partial charge in [0.25, 0.3) is 0 Å². The van der Waals surface area contributed by atoms with Crippen LogP contribution in [0.25, 0.3) is 0 Å². The molecular weight excluding hydrogens is 318 g/mol. The molecule has 2 N–H and O–H groups in total. The Balaban J connectivity index is 1.61. The molecule has 118 valence electrons. The summed E-state index contributed by atoms with van der Waals surface area (Å²) in [5.74, 6) is 0. The van der Waals surface area contributed by atoms with Gasteiger partial charge in [-0.1, -0.05) is 17.7 Å². The molecule has 23 heavy (non-hydrogen) atoms. The van der Waals surface area contributed by atoms with E-state index < -0.39 is 0 Å². The number of benzene rings is 2. The SMILES string of the molecule is O=C(Nc1ccc(N2CCOC2=O)cc1)Nc1cccc(Cl)c1. The Kier molecular flexibility index (Phi) is 4.34. The van der Waals surface area contributed by atoms with Crippen molar-refractivity contribution in [3.8, 4) is 0 Å². The second kappa shape index (κ2) is 6.58. The molecule has 1 saturated heterocycles. The van der Waals surface area contributed by atoms with E-state index >= 15 is 0 Å². The highest BCUT2D eigenvalue weighted by Crippen LogP contribution is 2.21. The fourth-order valence-electron chi connectivity index (χ4n) is 2.21. The number of ether oxygens (including phenoxy) is 1. The number of nitrogens with zero attached hydrogens (tertiary/aromatic N) is 1. The summed E-state index contributed by atoms with van der Waals surface area (Å²) >= 11 is 5.87. The average molecular weight is 332 g/mol. The molecule has 1 aliphatic rings. The topological polar surface area (TPSA) is 70.7 Å². The molecule has 0 bridgehead atoms. The van der Waals surface area contributed by atoms with Crippen molar-refractivity contribution in [1.29, 1.82) is 0 Å². The highest BCUT2D eigenvalue weighted by Gasteiger charge is 2.23. The van der Waals surface area contributed by atoms with Crippen molar-refractivity contribution < 1.29 is 14.3 Å². The number of anilines is 3. The van der Waals surface area contributed by atoms with Gasteiger partial charge in [0, 0.05) is 22.1 Å². The van der Waals surface area contributed by atoms with E-state index in [4.69, 9.17) is 16.3 Å². The third-order valence-corrected chi connectivity index (χ3v) is 3.52. The van der Waals surface area contributed by atoms with Crippen molar-refractivity contribution >= 4 is 40.8 Å². The lowest BCUT2D eigenvalue weighted by molar-refractivity contribution is 0.181. The number of amides is 3. The zero-order valence-corrected chi connectivity index (χ0v) is 12.8. The van der Waals surface area contributed by atoms with Gasteiger partial charge in [-0.3, -0.25) is 4.90 Å². The first-order valence-electron chi connectivity index (χ1n) is 7.00. The molecule has 6 nitrogen and oxygen atoms in total. The molecule has 3 rings (SSSR count). The van der Waals surface area contributed by atoms with Crippen LogP contribution < -0.4 is 15.5 Å². The Bertz CT molecular complexity index is 734. The van der Waals surface area contributed by atoms with E-state index in [1.54, 1.807) is 48.5 Å². The summed E-state index contributed by atoms with van der Waals surface area (Å²) in [6, 6.07) is 13.5. The number of hydrogen-bond donors (Lipinski definition) is 2. The first-order valence-corrected chi connectivity index (χ1v) is 7.37. The number of urea groups is 1. The first kappa shape index (κ1) is 15.2. The number of carbonyl (C=O) groups excluding carboxylic acids is 2. The predicted octanol–water partition coefficient (Wildman–Crippen LogP) is 3.94. The summed E-state index contributed by atoms with van der Waals surface area (Å²) in [7, 11) is 0. The number of carbonyl (C=O) groups is 2. The summed E-state index contributed by atoms with van der Waals surface area (Å²) in [6.07, 6.45) is -0.357. The zero-order valence-electron chi connectivity index (χ0n) is 12.1.